The number of nitrogens with one attached hydrogen (secondary N) is 1. The fraction of sp³-hybridized carbons (Fsp3) is 0.318. The minimum Gasteiger partial charge on any atom is -0.340 e. The van der Waals surface area contributed by atoms with Crippen molar-refractivity contribution in [2.24, 2.45) is 0 Å². The number of hydrogen-bond acceptors (Lipinski definition) is 6. The van der Waals surface area contributed by atoms with E-state index in [-0.39, 0.29) is 10.9 Å². The van der Waals surface area contributed by atoms with Gasteiger partial charge in [-0.15, -0.1) is 11.3 Å². The summed E-state index contributed by atoms with van der Waals surface area (Å²) in [7, 11) is 4.03. The molecule has 0 spiro atoms. The summed E-state index contributed by atoms with van der Waals surface area (Å²) in [6.45, 7) is 2.12. The second-order valence-corrected chi connectivity index (χ2v) is 9.16. The lowest BCUT2D eigenvalue weighted by Gasteiger charge is -2.26. The Kier molecular flexibility index (Phi) is 6.50. The maximum Gasteiger partial charge on any atom is 0.246 e. The van der Waals surface area contributed by atoms with E-state index in [2.05, 4.69) is 20.2 Å². The van der Waals surface area contributed by atoms with Crippen LogP contribution in [-0.4, -0.2) is 52.9 Å². The number of benzene rings is 1. The first kappa shape index (κ1) is 21.7. The molecule has 162 valence electrons. The first-order valence-electron chi connectivity index (χ1n) is 10.00. The van der Waals surface area contributed by atoms with Crippen LogP contribution in [0.25, 0.3) is 10.2 Å². The molecule has 6 nitrogen and oxygen atoms in total. The summed E-state index contributed by atoms with van der Waals surface area (Å²) in [5, 5.41) is 4.24. The van der Waals surface area contributed by atoms with Gasteiger partial charge in [-0.05, 0) is 56.8 Å². The van der Waals surface area contributed by atoms with Crippen LogP contribution in [0.1, 0.15) is 16.9 Å². The van der Waals surface area contributed by atoms with E-state index in [1.165, 1.54) is 18.5 Å². The van der Waals surface area contributed by atoms with Crippen molar-refractivity contribution < 1.29 is 9.18 Å². The zero-order valence-corrected chi connectivity index (χ0v) is 18.9. The van der Waals surface area contributed by atoms with E-state index in [1.807, 2.05) is 25.1 Å². The highest BCUT2D eigenvalue weighted by Gasteiger charge is 2.25. The number of nitrogens with zero attached hydrogens (tertiary/aromatic N) is 4. The van der Waals surface area contributed by atoms with E-state index in [0.717, 1.165) is 40.0 Å². The SMILES string of the molecule is CN(C)CCC=CC(=O)N1CCc2c(sc3ncnc(Nc4ccc(F)c(Cl)c4)c23)C1. The summed E-state index contributed by atoms with van der Waals surface area (Å²) in [6, 6.07) is 4.48. The van der Waals surface area contributed by atoms with Crippen molar-refractivity contribution in [3.05, 3.63) is 58.0 Å². The molecule has 1 aromatic carbocycles. The van der Waals surface area contributed by atoms with E-state index in [1.54, 1.807) is 23.5 Å². The minimum absolute atomic E-state index is 0.0345. The number of amides is 1. The van der Waals surface area contributed by atoms with Crippen LogP contribution in [0.2, 0.25) is 5.02 Å². The molecule has 0 saturated carbocycles. The highest BCUT2D eigenvalue weighted by atomic mass is 35.5. The average molecular weight is 460 g/mol. The fourth-order valence-corrected chi connectivity index (χ4v) is 4.93. The van der Waals surface area contributed by atoms with Crippen molar-refractivity contribution in [2.75, 3.05) is 32.5 Å². The zero-order valence-electron chi connectivity index (χ0n) is 17.4. The Morgan fingerprint density at radius 1 is 1.39 bits per heavy atom. The number of fused-ring (bicyclic) bond motifs is 3. The molecule has 1 N–H and O–H groups in total. The Bertz CT molecular complexity index is 1150. The third kappa shape index (κ3) is 4.87. The van der Waals surface area contributed by atoms with Crippen molar-refractivity contribution >= 4 is 50.6 Å². The molecular formula is C22H23ClFN5OS. The standard InChI is InChI=1S/C22H23ClFN5OS/c1-28(2)9-4-3-5-19(30)29-10-8-15-18(12-29)31-22-20(15)21(25-13-26-22)27-14-6-7-17(24)16(23)11-14/h3,5-7,11,13H,4,8-10,12H2,1-2H3,(H,25,26,27). The Balaban J connectivity index is 1.54. The molecular weight excluding hydrogens is 437 g/mol. The van der Waals surface area contributed by atoms with Gasteiger partial charge < -0.3 is 15.1 Å². The lowest BCUT2D eigenvalue weighted by Crippen LogP contribution is -2.34. The molecule has 0 saturated heterocycles. The summed E-state index contributed by atoms with van der Waals surface area (Å²) in [5.41, 5.74) is 1.82. The molecule has 0 atom stereocenters. The first-order valence-corrected chi connectivity index (χ1v) is 11.2. The van der Waals surface area contributed by atoms with Gasteiger partial charge in [0.25, 0.3) is 0 Å². The molecule has 9 heteroatoms. The Morgan fingerprint density at radius 3 is 3.00 bits per heavy atom. The van der Waals surface area contributed by atoms with Gasteiger partial charge in [-0.3, -0.25) is 4.79 Å². The maximum absolute atomic E-state index is 13.5. The molecule has 0 bridgehead atoms. The Hall–Kier alpha value is -2.55. The highest BCUT2D eigenvalue weighted by Crippen LogP contribution is 2.38. The molecule has 2 aromatic heterocycles. The van der Waals surface area contributed by atoms with E-state index in [0.29, 0.717) is 24.6 Å². The van der Waals surface area contributed by atoms with E-state index < -0.39 is 5.82 Å². The molecule has 0 fully saturated rings. The van der Waals surface area contributed by atoms with Crippen LogP contribution in [0.5, 0.6) is 0 Å². The molecule has 3 heterocycles. The van der Waals surface area contributed by atoms with Crippen LogP contribution in [-0.2, 0) is 17.8 Å². The van der Waals surface area contributed by atoms with Gasteiger partial charge in [-0.25, -0.2) is 14.4 Å². The highest BCUT2D eigenvalue weighted by molar-refractivity contribution is 7.19. The lowest BCUT2D eigenvalue weighted by atomic mass is 10.0. The number of carbonyl (C=O) groups is 1. The second-order valence-electron chi connectivity index (χ2n) is 7.66. The third-order valence-corrected chi connectivity index (χ3v) is 6.55. The van der Waals surface area contributed by atoms with Crippen molar-refractivity contribution in [1.82, 2.24) is 19.8 Å². The smallest absolute Gasteiger partial charge is 0.246 e. The zero-order chi connectivity index (χ0) is 22.0. The molecule has 4 rings (SSSR count). The van der Waals surface area contributed by atoms with Crippen molar-refractivity contribution in [2.45, 2.75) is 19.4 Å². The normalized spacial score (nSPS) is 13.9. The topological polar surface area (TPSA) is 61.4 Å². The average Bonchev–Trinajstić information content (AvgIpc) is 3.12. The van der Waals surface area contributed by atoms with Gasteiger partial charge in [0.1, 0.15) is 22.8 Å². The maximum atomic E-state index is 13.5. The number of halogens is 2. The molecule has 0 radical (unpaired) electrons. The molecule has 1 aliphatic heterocycles. The number of thiophene rings is 1. The predicted molar refractivity (Wildman–Crippen MR) is 124 cm³/mol. The molecule has 3 aromatic rings. The van der Waals surface area contributed by atoms with Crippen molar-refractivity contribution in [3.63, 3.8) is 0 Å². The van der Waals surface area contributed by atoms with E-state index in [4.69, 9.17) is 11.6 Å². The third-order valence-electron chi connectivity index (χ3n) is 5.13. The summed E-state index contributed by atoms with van der Waals surface area (Å²) in [4.78, 5) is 27.4. The van der Waals surface area contributed by atoms with Crippen LogP contribution in [0.15, 0.2) is 36.7 Å². The van der Waals surface area contributed by atoms with Gasteiger partial charge >= 0.3 is 0 Å². The van der Waals surface area contributed by atoms with Gasteiger partial charge in [0.05, 0.1) is 17.0 Å². The number of hydrogen-bond donors (Lipinski definition) is 1. The van der Waals surface area contributed by atoms with Crippen molar-refractivity contribution in [3.8, 4) is 0 Å². The quantitative estimate of drug-likeness (QED) is 0.545. The lowest BCUT2D eigenvalue weighted by molar-refractivity contribution is -0.126. The van der Waals surface area contributed by atoms with Crippen LogP contribution in [0.3, 0.4) is 0 Å². The second kappa shape index (κ2) is 9.30. The van der Waals surface area contributed by atoms with Crippen LogP contribution in [0, 0.1) is 5.82 Å². The Labute approximate surface area is 189 Å². The van der Waals surface area contributed by atoms with Gasteiger partial charge in [-0.1, -0.05) is 17.7 Å². The number of aromatic nitrogens is 2. The first-order chi connectivity index (χ1) is 14.9. The molecule has 1 amide bonds. The number of rotatable bonds is 6. The molecule has 1 aliphatic rings. The monoisotopic (exact) mass is 459 g/mol. The van der Waals surface area contributed by atoms with Gasteiger partial charge in [-0.2, -0.15) is 0 Å². The van der Waals surface area contributed by atoms with Gasteiger partial charge in [0, 0.05) is 23.7 Å². The number of anilines is 2. The number of carbonyl (C=O) groups excluding carboxylic acids is 1. The van der Waals surface area contributed by atoms with Gasteiger partial charge in [0.15, 0.2) is 0 Å². The van der Waals surface area contributed by atoms with Crippen LogP contribution >= 0.6 is 22.9 Å². The summed E-state index contributed by atoms with van der Waals surface area (Å²) in [6.07, 6.45) is 6.70. The predicted octanol–water partition coefficient (Wildman–Crippen LogP) is 4.62. The Morgan fingerprint density at radius 2 is 2.23 bits per heavy atom. The fourth-order valence-electron chi connectivity index (χ4n) is 3.54. The molecule has 31 heavy (non-hydrogen) atoms. The summed E-state index contributed by atoms with van der Waals surface area (Å²) < 4.78 is 13.5. The van der Waals surface area contributed by atoms with Crippen LogP contribution in [0.4, 0.5) is 15.9 Å². The minimum atomic E-state index is -0.464. The van der Waals surface area contributed by atoms with E-state index >= 15 is 0 Å². The van der Waals surface area contributed by atoms with E-state index in [9.17, 15) is 9.18 Å². The summed E-state index contributed by atoms with van der Waals surface area (Å²) in [5.74, 6) is 0.231. The largest absolute Gasteiger partial charge is 0.340 e. The van der Waals surface area contributed by atoms with Crippen molar-refractivity contribution in [1.29, 1.82) is 0 Å². The molecule has 0 aliphatic carbocycles. The summed E-state index contributed by atoms with van der Waals surface area (Å²) >= 11 is 7.49. The van der Waals surface area contributed by atoms with Gasteiger partial charge in [0.2, 0.25) is 5.91 Å². The molecule has 0 unspecified atom stereocenters. The van der Waals surface area contributed by atoms with Crippen LogP contribution < -0.4 is 5.32 Å².